The molecule has 0 saturated heterocycles. The van der Waals surface area contributed by atoms with Gasteiger partial charge in [0.1, 0.15) is 0 Å². The van der Waals surface area contributed by atoms with Crippen LogP contribution in [0.15, 0.2) is 66.7 Å². The third kappa shape index (κ3) is 2.49. The molecule has 1 heterocycles. The summed E-state index contributed by atoms with van der Waals surface area (Å²) in [5.41, 5.74) is 1.10. The number of nitrogens with zero attached hydrogens (tertiary/aromatic N) is 1. The zero-order chi connectivity index (χ0) is 11.5. The Kier molecular flexibility index (Phi) is 3.09. The molecule has 3 aromatic rings. The van der Waals surface area contributed by atoms with Crippen LogP contribution in [0.25, 0.3) is 10.9 Å². The maximum absolute atomic E-state index is 4.73. The van der Waals surface area contributed by atoms with Crippen molar-refractivity contribution in [3.05, 3.63) is 66.7 Å². The SMILES string of the molecule is c1ccc([Te]c2ccc3ccccc3n2)cc1. The molecule has 17 heavy (non-hydrogen) atoms. The van der Waals surface area contributed by atoms with E-state index in [0.29, 0.717) is 0 Å². The van der Waals surface area contributed by atoms with Crippen LogP contribution in [-0.4, -0.2) is 25.9 Å². The van der Waals surface area contributed by atoms with E-state index in [1.807, 2.05) is 6.07 Å². The van der Waals surface area contributed by atoms with E-state index >= 15 is 0 Å². The molecular weight excluding hydrogens is 322 g/mol. The third-order valence-electron chi connectivity index (χ3n) is 2.54. The molecule has 1 aromatic heterocycles. The van der Waals surface area contributed by atoms with E-state index < -0.39 is 0 Å². The standard InChI is InChI=1S/C15H11NTe/c1-2-7-13(8-3-1)17-15-11-10-12-6-4-5-9-14(12)16-15/h1-11H. The van der Waals surface area contributed by atoms with E-state index in [1.165, 1.54) is 12.7 Å². The van der Waals surface area contributed by atoms with Gasteiger partial charge in [-0.2, -0.15) is 0 Å². The summed E-state index contributed by atoms with van der Waals surface area (Å²) in [6.45, 7) is 0. The van der Waals surface area contributed by atoms with Gasteiger partial charge in [0.15, 0.2) is 0 Å². The van der Waals surface area contributed by atoms with Crippen LogP contribution in [0.2, 0.25) is 0 Å². The van der Waals surface area contributed by atoms with E-state index in [9.17, 15) is 0 Å². The first-order chi connectivity index (χ1) is 8.42. The van der Waals surface area contributed by atoms with Gasteiger partial charge in [0, 0.05) is 0 Å². The van der Waals surface area contributed by atoms with Crippen LogP contribution in [0.4, 0.5) is 0 Å². The minimum absolute atomic E-state index is 0.348. The fraction of sp³-hybridized carbons (Fsp3) is 0. The Morgan fingerprint density at radius 1 is 0.706 bits per heavy atom. The van der Waals surface area contributed by atoms with Crippen LogP contribution in [-0.2, 0) is 0 Å². The van der Waals surface area contributed by atoms with Crippen molar-refractivity contribution < 1.29 is 0 Å². The van der Waals surface area contributed by atoms with Crippen molar-refractivity contribution in [2.75, 3.05) is 0 Å². The Hall–Kier alpha value is -1.36. The van der Waals surface area contributed by atoms with Crippen LogP contribution in [0.1, 0.15) is 0 Å². The van der Waals surface area contributed by atoms with E-state index in [-0.39, 0.29) is 20.9 Å². The second-order valence-corrected chi connectivity index (χ2v) is 6.88. The summed E-state index contributed by atoms with van der Waals surface area (Å²) < 4.78 is 2.68. The predicted molar refractivity (Wildman–Crippen MR) is 73.2 cm³/mol. The fourth-order valence-electron chi connectivity index (χ4n) is 1.71. The number of hydrogen-bond donors (Lipinski definition) is 0. The first-order valence-electron chi connectivity index (χ1n) is 5.50. The number of para-hydroxylation sites is 1. The molecule has 82 valence electrons. The van der Waals surface area contributed by atoms with Gasteiger partial charge in [-0.25, -0.2) is 0 Å². The molecule has 0 spiro atoms. The summed E-state index contributed by atoms with van der Waals surface area (Å²) >= 11 is -0.348. The molecule has 0 unspecified atom stereocenters. The molecule has 0 aliphatic carbocycles. The number of benzene rings is 2. The average Bonchev–Trinajstić information content (AvgIpc) is 2.40. The number of rotatable bonds is 2. The van der Waals surface area contributed by atoms with Crippen molar-refractivity contribution in [3.8, 4) is 0 Å². The molecule has 0 fully saturated rings. The van der Waals surface area contributed by atoms with Gasteiger partial charge < -0.3 is 0 Å². The first kappa shape index (κ1) is 10.8. The second kappa shape index (κ2) is 4.87. The Balaban J connectivity index is 1.96. The Labute approximate surface area is 111 Å². The van der Waals surface area contributed by atoms with E-state index in [1.54, 1.807) is 0 Å². The summed E-state index contributed by atoms with van der Waals surface area (Å²) in [6, 6.07) is 23.3. The molecule has 3 rings (SSSR count). The number of fused-ring (bicyclic) bond motifs is 1. The Morgan fingerprint density at radius 2 is 1.47 bits per heavy atom. The number of hydrogen-bond acceptors (Lipinski definition) is 1. The zero-order valence-electron chi connectivity index (χ0n) is 9.21. The zero-order valence-corrected chi connectivity index (χ0v) is 11.5. The van der Waals surface area contributed by atoms with Crippen LogP contribution in [0.5, 0.6) is 0 Å². The molecule has 0 N–H and O–H groups in total. The number of pyridine rings is 1. The van der Waals surface area contributed by atoms with Crippen LogP contribution >= 0.6 is 0 Å². The van der Waals surface area contributed by atoms with E-state index in [4.69, 9.17) is 4.98 Å². The van der Waals surface area contributed by atoms with Gasteiger partial charge in [0.2, 0.25) is 0 Å². The van der Waals surface area contributed by atoms with Crippen molar-refractivity contribution in [3.63, 3.8) is 0 Å². The van der Waals surface area contributed by atoms with Crippen LogP contribution in [0.3, 0.4) is 0 Å². The summed E-state index contributed by atoms with van der Waals surface area (Å²) in [7, 11) is 0. The summed E-state index contributed by atoms with van der Waals surface area (Å²) in [6.07, 6.45) is 0. The molecule has 0 saturated carbocycles. The summed E-state index contributed by atoms with van der Waals surface area (Å²) in [5.74, 6) is 0. The summed E-state index contributed by atoms with van der Waals surface area (Å²) in [4.78, 5) is 4.73. The second-order valence-electron chi connectivity index (χ2n) is 3.76. The molecule has 1 nitrogen and oxygen atoms in total. The van der Waals surface area contributed by atoms with Crippen LogP contribution < -0.4 is 7.35 Å². The molecular formula is C15H11NTe. The van der Waals surface area contributed by atoms with Crippen molar-refractivity contribution >= 4 is 39.2 Å². The summed E-state index contributed by atoms with van der Waals surface area (Å²) in [5, 5.41) is 1.22. The molecule has 0 amide bonds. The molecule has 0 aliphatic heterocycles. The van der Waals surface area contributed by atoms with Crippen molar-refractivity contribution in [1.29, 1.82) is 0 Å². The molecule has 0 aliphatic rings. The Morgan fingerprint density at radius 3 is 2.35 bits per heavy atom. The maximum atomic E-state index is 4.73. The van der Waals surface area contributed by atoms with Crippen molar-refractivity contribution in [2.45, 2.75) is 0 Å². The van der Waals surface area contributed by atoms with Gasteiger partial charge in [0.25, 0.3) is 0 Å². The monoisotopic (exact) mass is 335 g/mol. The molecule has 0 bridgehead atoms. The average molecular weight is 333 g/mol. The topological polar surface area (TPSA) is 12.9 Å². The number of aromatic nitrogens is 1. The molecule has 0 radical (unpaired) electrons. The van der Waals surface area contributed by atoms with Crippen LogP contribution in [0, 0.1) is 0 Å². The van der Waals surface area contributed by atoms with Gasteiger partial charge in [0.05, 0.1) is 0 Å². The van der Waals surface area contributed by atoms with E-state index in [0.717, 1.165) is 5.52 Å². The van der Waals surface area contributed by atoms with Crippen molar-refractivity contribution in [1.82, 2.24) is 4.98 Å². The van der Waals surface area contributed by atoms with Gasteiger partial charge in [-0.15, -0.1) is 0 Å². The quantitative estimate of drug-likeness (QED) is 0.653. The molecule has 0 atom stereocenters. The van der Waals surface area contributed by atoms with Crippen molar-refractivity contribution in [2.24, 2.45) is 0 Å². The normalized spacial score (nSPS) is 10.6. The van der Waals surface area contributed by atoms with Gasteiger partial charge in [-0.05, 0) is 0 Å². The Bertz CT molecular complexity index is 635. The van der Waals surface area contributed by atoms with Gasteiger partial charge in [-0.3, -0.25) is 0 Å². The fourth-order valence-corrected chi connectivity index (χ4v) is 4.04. The minimum atomic E-state index is -0.348. The third-order valence-corrected chi connectivity index (χ3v) is 5.23. The molecule has 2 heteroatoms. The predicted octanol–water partition coefficient (Wildman–Crippen LogP) is 1.89. The van der Waals surface area contributed by atoms with Gasteiger partial charge >= 0.3 is 111 Å². The first-order valence-corrected chi connectivity index (χ1v) is 7.83. The van der Waals surface area contributed by atoms with E-state index in [2.05, 4.69) is 60.7 Å². The van der Waals surface area contributed by atoms with Gasteiger partial charge in [-0.1, -0.05) is 0 Å². The molecule has 2 aromatic carbocycles.